The second-order valence-corrected chi connectivity index (χ2v) is 6.08. The van der Waals surface area contributed by atoms with E-state index in [2.05, 4.69) is 9.46 Å². The van der Waals surface area contributed by atoms with Crippen LogP contribution in [0.3, 0.4) is 0 Å². The van der Waals surface area contributed by atoms with Crippen molar-refractivity contribution in [2.75, 3.05) is 0 Å². The SMILES string of the molecule is CC(C)OC(=O)NS(=O)(=O)N[C@@H]1CCCC[C@H]1O. The van der Waals surface area contributed by atoms with Crippen molar-refractivity contribution in [3.05, 3.63) is 0 Å². The van der Waals surface area contributed by atoms with Crippen molar-refractivity contribution in [2.24, 2.45) is 0 Å². The first-order valence-corrected chi connectivity index (χ1v) is 7.47. The van der Waals surface area contributed by atoms with Crippen molar-refractivity contribution in [2.45, 2.75) is 57.8 Å². The zero-order valence-electron chi connectivity index (χ0n) is 10.5. The molecule has 0 aliphatic heterocycles. The summed E-state index contributed by atoms with van der Waals surface area (Å²) < 4.78 is 31.9. The van der Waals surface area contributed by atoms with Gasteiger partial charge in [0.05, 0.1) is 12.2 Å². The van der Waals surface area contributed by atoms with Gasteiger partial charge < -0.3 is 9.84 Å². The Morgan fingerprint density at radius 1 is 1.33 bits per heavy atom. The Kier molecular flexibility index (Phi) is 5.36. The molecule has 2 atom stereocenters. The van der Waals surface area contributed by atoms with E-state index in [9.17, 15) is 18.3 Å². The van der Waals surface area contributed by atoms with Gasteiger partial charge in [-0.05, 0) is 26.7 Å². The molecule has 1 saturated carbocycles. The minimum atomic E-state index is -3.99. The fraction of sp³-hybridized carbons (Fsp3) is 0.900. The highest BCUT2D eigenvalue weighted by Crippen LogP contribution is 2.18. The van der Waals surface area contributed by atoms with E-state index in [1.165, 1.54) is 0 Å². The maximum Gasteiger partial charge on any atom is 0.422 e. The summed E-state index contributed by atoms with van der Waals surface area (Å²) >= 11 is 0. The van der Waals surface area contributed by atoms with Gasteiger partial charge in [-0.25, -0.2) is 9.52 Å². The molecule has 1 rings (SSSR count). The van der Waals surface area contributed by atoms with Crippen molar-refractivity contribution in [1.29, 1.82) is 0 Å². The first kappa shape index (κ1) is 15.2. The van der Waals surface area contributed by atoms with Crippen LogP contribution in [0.25, 0.3) is 0 Å². The molecule has 1 fully saturated rings. The number of ether oxygens (including phenoxy) is 1. The number of hydrogen-bond donors (Lipinski definition) is 3. The molecule has 0 heterocycles. The normalized spacial score (nSPS) is 24.9. The minimum Gasteiger partial charge on any atom is -0.446 e. The minimum absolute atomic E-state index is 0.402. The van der Waals surface area contributed by atoms with Crippen molar-refractivity contribution < 1.29 is 23.1 Å². The number of amides is 1. The van der Waals surface area contributed by atoms with Crippen LogP contribution in [0.5, 0.6) is 0 Å². The van der Waals surface area contributed by atoms with E-state index in [0.717, 1.165) is 12.8 Å². The smallest absolute Gasteiger partial charge is 0.422 e. The van der Waals surface area contributed by atoms with E-state index in [0.29, 0.717) is 12.8 Å². The third kappa shape index (κ3) is 5.19. The van der Waals surface area contributed by atoms with E-state index < -0.39 is 34.6 Å². The van der Waals surface area contributed by atoms with Gasteiger partial charge in [0.25, 0.3) is 0 Å². The first-order chi connectivity index (χ1) is 8.30. The first-order valence-electron chi connectivity index (χ1n) is 5.99. The van der Waals surface area contributed by atoms with Crippen LogP contribution >= 0.6 is 0 Å². The standard InChI is InChI=1S/C10H20N2O5S/c1-7(2)17-10(14)12-18(15,16)11-8-5-3-4-6-9(8)13/h7-9,11,13H,3-6H2,1-2H3,(H,12,14)/t8-,9-/m1/s1. The number of aliphatic hydroxyl groups is 1. The van der Waals surface area contributed by atoms with E-state index in [1.54, 1.807) is 18.6 Å². The van der Waals surface area contributed by atoms with Gasteiger partial charge in [0.2, 0.25) is 0 Å². The summed E-state index contributed by atoms with van der Waals surface area (Å²) in [5, 5.41) is 9.64. The van der Waals surface area contributed by atoms with Crippen LogP contribution in [0.2, 0.25) is 0 Å². The molecule has 3 N–H and O–H groups in total. The van der Waals surface area contributed by atoms with Crippen LogP contribution in [0.1, 0.15) is 39.5 Å². The lowest BCUT2D eigenvalue weighted by atomic mass is 9.93. The van der Waals surface area contributed by atoms with Gasteiger partial charge in [-0.1, -0.05) is 12.8 Å². The highest BCUT2D eigenvalue weighted by molar-refractivity contribution is 7.88. The summed E-state index contributed by atoms with van der Waals surface area (Å²) in [5.74, 6) is 0. The molecule has 0 aromatic rings. The number of aliphatic hydroxyl groups excluding tert-OH is 1. The van der Waals surface area contributed by atoms with Gasteiger partial charge in [0.15, 0.2) is 0 Å². The fourth-order valence-corrected chi connectivity index (χ4v) is 2.83. The van der Waals surface area contributed by atoms with Gasteiger partial charge in [0, 0.05) is 6.04 Å². The van der Waals surface area contributed by atoms with Crippen LogP contribution in [0.15, 0.2) is 0 Å². The molecule has 1 aliphatic carbocycles. The maximum atomic E-state index is 11.6. The molecule has 106 valence electrons. The molecule has 1 aliphatic rings. The van der Waals surface area contributed by atoms with E-state index in [-0.39, 0.29) is 0 Å². The molecular formula is C10H20N2O5S. The Morgan fingerprint density at radius 2 is 1.94 bits per heavy atom. The predicted octanol–water partition coefficient (Wildman–Crippen LogP) is 0.259. The molecule has 0 bridgehead atoms. The third-order valence-electron chi connectivity index (χ3n) is 2.60. The van der Waals surface area contributed by atoms with Crippen LogP contribution in [-0.2, 0) is 14.9 Å². The number of carbonyl (C=O) groups is 1. The molecule has 1 amide bonds. The lowest BCUT2D eigenvalue weighted by molar-refractivity contribution is 0.100. The van der Waals surface area contributed by atoms with E-state index >= 15 is 0 Å². The van der Waals surface area contributed by atoms with Crippen molar-refractivity contribution in [1.82, 2.24) is 9.44 Å². The molecule has 0 aromatic carbocycles. The Hall–Kier alpha value is -0.860. The summed E-state index contributed by atoms with van der Waals surface area (Å²) in [5.41, 5.74) is 0. The summed E-state index contributed by atoms with van der Waals surface area (Å²) in [6.07, 6.45) is 0.702. The zero-order valence-corrected chi connectivity index (χ0v) is 11.4. The van der Waals surface area contributed by atoms with Gasteiger partial charge >= 0.3 is 16.3 Å². The number of carbonyl (C=O) groups excluding carboxylic acids is 1. The number of rotatable bonds is 4. The lowest BCUT2D eigenvalue weighted by Gasteiger charge is -2.27. The fourth-order valence-electron chi connectivity index (χ4n) is 1.83. The Labute approximate surface area is 107 Å². The third-order valence-corrected chi connectivity index (χ3v) is 3.64. The average Bonchev–Trinajstić information content (AvgIpc) is 2.18. The Morgan fingerprint density at radius 3 is 2.50 bits per heavy atom. The second kappa shape index (κ2) is 6.35. The molecule has 0 aromatic heterocycles. The van der Waals surface area contributed by atoms with Crippen LogP contribution in [0, 0.1) is 0 Å². The zero-order chi connectivity index (χ0) is 13.8. The summed E-state index contributed by atoms with van der Waals surface area (Å²) in [6, 6.07) is -0.553. The van der Waals surface area contributed by atoms with E-state index in [1.807, 2.05) is 0 Å². The molecule has 8 heteroatoms. The van der Waals surface area contributed by atoms with Crippen LogP contribution < -0.4 is 9.44 Å². The van der Waals surface area contributed by atoms with Crippen molar-refractivity contribution in [3.8, 4) is 0 Å². The quantitative estimate of drug-likeness (QED) is 0.685. The average molecular weight is 280 g/mol. The molecule has 0 unspecified atom stereocenters. The van der Waals surface area contributed by atoms with Crippen LogP contribution in [-0.4, -0.2) is 37.9 Å². The molecule has 0 radical (unpaired) electrons. The maximum absolute atomic E-state index is 11.6. The van der Waals surface area contributed by atoms with Crippen LogP contribution in [0.4, 0.5) is 4.79 Å². The Balaban J connectivity index is 2.51. The second-order valence-electron chi connectivity index (χ2n) is 4.64. The van der Waals surface area contributed by atoms with Crippen molar-refractivity contribution >= 4 is 16.3 Å². The molecule has 18 heavy (non-hydrogen) atoms. The highest BCUT2D eigenvalue weighted by atomic mass is 32.2. The topological polar surface area (TPSA) is 105 Å². The largest absolute Gasteiger partial charge is 0.446 e. The number of hydrogen-bond acceptors (Lipinski definition) is 5. The van der Waals surface area contributed by atoms with Gasteiger partial charge in [-0.15, -0.1) is 0 Å². The lowest BCUT2D eigenvalue weighted by Crippen LogP contribution is -2.50. The number of nitrogens with one attached hydrogen (secondary N) is 2. The molecule has 7 nitrogen and oxygen atoms in total. The van der Waals surface area contributed by atoms with E-state index in [4.69, 9.17) is 0 Å². The summed E-state index contributed by atoms with van der Waals surface area (Å²) in [7, 11) is -3.99. The predicted molar refractivity (Wildman–Crippen MR) is 65.1 cm³/mol. The monoisotopic (exact) mass is 280 g/mol. The summed E-state index contributed by atoms with van der Waals surface area (Å²) in [6.45, 7) is 3.23. The van der Waals surface area contributed by atoms with Crippen molar-refractivity contribution in [3.63, 3.8) is 0 Å². The highest BCUT2D eigenvalue weighted by Gasteiger charge is 2.28. The summed E-state index contributed by atoms with van der Waals surface area (Å²) in [4.78, 5) is 11.2. The van der Waals surface area contributed by atoms with Gasteiger partial charge in [-0.3, -0.25) is 0 Å². The molecule has 0 spiro atoms. The van der Waals surface area contributed by atoms with Gasteiger partial charge in [-0.2, -0.15) is 13.1 Å². The Bertz CT molecular complexity index is 382. The molecular weight excluding hydrogens is 260 g/mol. The molecule has 0 saturated heterocycles. The van der Waals surface area contributed by atoms with Gasteiger partial charge in [0.1, 0.15) is 0 Å².